The minimum absolute atomic E-state index is 0.111. The maximum atomic E-state index is 14.3. The van der Waals surface area contributed by atoms with E-state index in [1.165, 1.54) is 0 Å². The second-order valence-electron chi connectivity index (χ2n) is 8.92. The van der Waals surface area contributed by atoms with Gasteiger partial charge in [0.15, 0.2) is 0 Å². The average Bonchev–Trinajstić information content (AvgIpc) is 2.69. The molecule has 0 amide bonds. The molecular formula is C26H24F6O2. The molecule has 8 heteroatoms. The first-order chi connectivity index (χ1) is 15.6. The molecule has 0 unspecified atom stereocenters. The summed E-state index contributed by atoms with van der Waals surface area (Å²) in [6.45, 7) is 7.03. The topological polar surface area (TPSA) is 18.5 Å². The first-order valence-electron chi connectivity index (χ1n) is 10.4. The highest BCUT2D eigenvalue weighted by molar-refractivity contribution is 5.47. The Morgan fingerprint density at radius 3 is 1.24 bits per heavy atom. The largest absolute Gasteiger partial charge is 0.488 e. The van der Waals surface area contributed by atoms with E-state index in [4.69, 9.17) is 9.47 Å². The molecule has 0 fully saturated rings. The van der Waals surface area contributed by atoms with Gasteiger partial charge in [-0.25, -0.2) is 0 Å². The number of hydrogen-bond acceptors (Lipinski definition) is 2. The second-order valence-corrected chi connectivity index (χ2v) is 8.92. The SMILES string of the molecule is Cc1ccc(Oc2ccc(C(c3ccc(OC(C)(C)C)cc3)(C(F)(F)F)C(F)(F)F)cc2)cc1. The van der Waals surface area contributed by atoms with Crippen LogP contribution in [-0.2, 0) is 5.41 Å². The molecule has 0 saturated heterocycles. The lowest BCUT2D eigenvalue weighted by atomic mass is 9.73. The second kappa shape index (κ2) is 8.89. The Bertz CT molecular complexity index is 1080. The van der Waals surface area contributed by atoms with Crippen LogP contribution in [0.15, 0.2) is 72.8 Å². The number of aryl methyl sites for hydroxylation is 1. The zero-order chi connectivity index (χ0) is 25.4. The zero-order valence-corrected chi connectivity index (χ0v) is 19.0. The van der Waals surface area contributed by atoms with Gasteiger partial charge in [-0.05, 0) is 75.2 Å². The van der Waals surface area contributed by atoms with Gasteiger partial charge in [0.25, 0.3) is 0 Å². The van der Waals surface area contributed by atoms with Crippen molar-refractivity contribution in [3.63, 3.8) is 0 Å². The molecule has 0 spiro atoms. The van der Waals surface area contributed by atoms with E-state index in [-0.39, 0.29) is 11.5 Å². The fraction of sp³-hybridized carbons (Fsp3) is 0.308. The molecule has 3 aromatic carbocycles. The molecule has 0 radical (unpaired) electrons. The third-order valence-electron chi connectivity index (χ3n) is 5.11. The van der Waals surface area contributed by atoms with Crippen LogP contribution in [0.4, 0.5) is 26.3 Å². The normalized spacial score (nSPS) is 13.0. The molecule has 0 aliphatic rings. The number of benzene rings is 3. The highest BCUT2D eigenvalue weighted by Crippen LogP contribution is 2.56. The molecule has 0 heterocycles. The Morgan fingerprint density at radius 1 is 0.529 bits per heavy atom. The predicted molar refractivity (Wildman–Crippen MR) is 117 cm³/mol. The summed E-state index contributed by atoms with van der Waals surface area (Å²) in [7, 11) is 0. The van der Waals surface area contributed by atoms with Crippen molar-refractivity contribution < 1.29 is 35.8 Å². The van der Waals surface area contributed by atoms with Crippen LogP contribution in [0, 0.1) is 6.92 Å². The average molecular weight is 482 g/mol. The van der Waals surface area contributed by atoms with E-state index in [0.717, 1.165) is 54.1 Å². The van der Waals surface area contributed by atoms with Gasteiger partial charge in [-0.3, -0.25) is 0 Å². The third kappa shape index (κ3) is 5.16. The van der Waals surface area contributed by atoms with E-state index >= 15 is 0 Å². The Balaban J connectivity index is 2.07. The van der Waals surface area contributed by atoms with Crippen LogP contribution in [0.25, 0.3) is 0 Å². The van der Waals surface area contributed by atoms with Gasteiger partial charge in [0.2, 0.25) is 5.41 Å². The Morgan fingerprint density at radius 2 is 0.882 bits per heavy atom. The molecule has 0 aromatic heterocycles. The third-order valence-corrected chi connectivity index (χ3v) is 5.11. The van der Waals surface area contributed by atoms with Crippen molar-refractivity contribution in [1.29, 1.82) is 0 Å². The first kappa shape index (κ1) is 25.5. The van der Waals surface area contributed by atoms with Gasteiger partial charge in [-0.1, -0.05) is 42.0 Å². The fourth-order valence-electron chi connectivity index (χ4n) is 3.62. The van der Waals surface area contributed by atoms with Crippen LogP contribution >= 0.6 is 0 Å². The van der Waals surface area contributed by atoms with Crippen LogP contribution < -0.4 is 9.47 Å². The van der Waals surface area contributed by atoms with Crippen LogP contribution in [0.3, 0.4) is 0 Å². The number of hydrogen-bond donors (Lipinski definition) is 0. The van der Waals surface area contributed by atoms with Crippen molar-refractivity contribution in [2.75, 3.05) is 0 Å². The van der Waals surface area contributed by atoms with E-state index in [0.29, 0.717) is 5.75 Å². The first-order valence-corrected chi connectivity index (χ1v) is 10.4. The monoisotopic (exact) mass is 482 g/mol. The van der Waals surface area contributed by atoms with Crippen molar-refractivity contribution in [3.05, 3.63) is 89.5 Å². The maximum absolute atomic E-state index is 14.3. The van der Waals surface area contributed by atoms with E-state index in [2.05, 4.69) is 0 Å². The van der Waals surface area contributed by atoms with Crippen LogP contribution in [0.5, 0.6) is 17.2 Å². The number of alkyl halides is 6. The summed E-state index contributed by atoms with van der Waals surface area (Å²) < 4.78 is 97.0. The van der Waals surface area contributed by atoms with Crippen molar-refractivity contribution >= 4 is 0 Å². The smallest absolute Gasteiger partial charge is 0.411 e. The van der Waals surface area contributed by atoms with Gasteiger partial charge in [0.05, 0.1) is 0 Å². The van der Waals surface area contributed by atoms with Gasteiger partial charge in [0, 0.05) is 0 Å². The molecule has 0 saturated carbocycles. The standard InChI is InChI=1S/C26H24F6O2/c1-17-5-11-20(12-6-17)33-21-13-7-18(8-14-21)24(25(27,28)29,26(30,31)32)19-9-15-22(16-10-19)34-23(2,3)4/h5-16H,1-4H3. The van der Waals surface area contributed by atoms with Gasteiger partial charge < -0.3 is 9.47 Å². The van der Waals surface area contributed by atoms with Gasteiger partial charge in [0.1, 0.15) is 22.8 Å². The molecule has 0 atom stereocenters. The zero-order valence-electron chi connectivity index (χ0n) is 19.0. The molecular weight excluding hydrogens is 458 g/mol. The summed E-state index contributed by atoms with van der Waals surface area (Å²) in [5.74, 6) is 0.682. The molecule has 34 heavy (non-hydrogen) atoms. The molecule has 3 rings (SSSR count). The highest BCUT2D eigenvalue weighted by atomic mass is 19.4. The van der Waals surface area contributed by atoms with Crippen LogP contribution in [0.1, 0.15) is 37.5 Å². The summed E-state index contributed by atoms with van der Waals surface area (Å²) in [6.07, 6.45) is -11.3. The summed E-state index contributed by atoms with van der Waals surface area (Å²) in [4.78, 5) is 0. The van der Waals surface area contributed by atoms with Crippen molar-refractivity contribution in [2.24, 2.45) is 0 Å². The van der Waals surface area contributed by atoms with Crippen LogP contribution in [0.2, 0.25) is 0 Å². The van der Waals surface area contributed by atoms with E-state index < -0.39 is 34.5 Å². The van der Waals surface area contributed by atoms with Crippen molar-refractivity contribution in [1.82, 2.24) is 0 Å². The van der Waals surface area contributed by atoms with Gasteiger partial charge in [-0.15, -0.1) is 0 Å². The van der Waals surface area contributed by atoms with Crippen molar-refractivity contribution in [3.8, 4) is 17.2 Å². The summed E-state index contributed by atoms with van der Waals surface area (Å²) in [6, 6.07) is 14.5. The van der Waals surface area contributed by atoms with Crippen LogP contribution in [-0.4, -0.2) is 18.0 Å². The molecule has 0 N–H and O–H groups in total. The number of ether oxygens (including phenoxy) is 2. The maximum Gasteiger partial charge on any atom is 0.411 e. The van der Waals surface area contributed by atoms with Gasteiger partial charge in [-0.2, -0.15) is 26.3 Å². The van der Waals surface area contributed by atoms with E-state index in [1.807, 2.05) is 6.92 Å². The molecule has 0 bridgehead atoms. The Hall–Kier alpha value is -3.16. The Kier molecular flexibility index (Phi) is 6.66. The summed E-state index contributed by atoms with van der Waals surface area (Å²) in [5, 5.41) is 0. The number of rotatable bonds is 5. The van der Waals surface area contributed by atoms with Crippen molar-refractivity contribution in [2.45, 2.75) is 51.1 Å². The minimum atomic E-state index is -5.67. The Labute approximate surface area is 194 Å². The molecule has 0 aliphatic carbocycles. The van der Waals surface area contributed by atoms with E-state index in [9.17, 15) is 26.3 Å². The molecule has 0 aliphatic heterocycles. The van der Waals surface area contributed by atoms with E-state index in [1.54, 1.807) is 45.0 Å². The quantitative estimate of drug-likeness (QED) is 0.340. The molecule has 182 valence electrons. The summed E-state index contributed by atoms with van der Waals surface area (Å²) >= 11 is 0. The lowest BCUT2D eigenvalue weighted by Crippen LogP contribution is -2.54. The van der Waals surface area contributed by atoms with Gasteiger partial charge >= 0.3 is 12.4 Å². The number of halogens is 6. The summed E-state index contributed by atoms with van der Waals surface area (Å²) in [5.41, 5.74) is -5.85. The molecule has 2 nitrogen and oxygen atoms in total. The molecule has 3 aromatic rings. The minimum Gasteiger partial charge on any atom is -0.488 e. The lowest BCUT2D eigenvalue weighted by molar-refractivity contribution is -0.288. The highest BCUT2D eigenvalue weighted by Gasteiger charge is 2.72. The predicted octanol–water partition coefficient (Wildman–Crippen LogP) is 8.38. The lowest BCUT2D eigenvalue weighted by Gasteiger charge is -2.38. The fourth-order valence-corrected chi connectivity index (χ4v) is 3.62.